The summed E-state index contributed by atoms with van der Waals surface area (Å²) in [7, 11) is 0. The molecule has 2 N–H and O–H groups in total. The van der Waals surface area contributed by atoms with Crippen molar-refractivity contribution in [1.82, 2.24) is 5.32 Å². The molecule has 1 saturated heterocycles. The third-order valence-electron chi connectivity index (χ3n) is 4.22. The lowest BCUT2D eigenvalue weighted by Gasteiger charge is -2.14. The fraction of sp³-hybridized carbons (Fsp3) is 0.300. The molecule has 1 fully saturated rings. The summed E-state index contributed by atoms with van der Waals surface area (Å²) in [6, 6.07) is 10.5. The zero-order valence-corrected chi connectivity index (χ0v) is 15.8. The summed E-state index contributed by atoms with van der Waals surface area (Å²) in [6.07, 6.45) is 1.94. The van der Waals surface area contributed by atoms with Gasteiger partial charge in [0.25, 0.3) is 11.8 Å². The van der Waals surface area contributed by atoms with Crippen molar-refractivity contribution in [3.05, 3.63) is 58.9 Å². The van der Waals surface area contributed by atoms with Crippen molar-refractivity contribution in [3.63, 3.8) is 0 Å². The monoisotopic (exact) mass is 406 g/mol. The van der Waals surface area contributed by atoms with Gasteiger partial charge in [-0.25, -0.2) is 4.39 Å². The lowest BCUT2D eigenvalue weighted by molar-refractivity contribution is -0.118. The lowest BCUT2D eigenvalue weighted by atomic mass is 10.1. The number of hydrogen-bond donors (Lipinski definition) is 2. The third kappa shape index (κ3) is 5.43. The van der Waals surface area contributed by atoms with Crippen molar-refractivity contribution < 1.29 is 23.5 Å². The molecule has 0 aromatic heterocycles. The SMILES string of the molecule is O=C(COc1ccc(F)c(Cl)c1)Nc1ccccc1C(=O)NCC1CCCO1. The lowest BCUT2D eigenvalue weighted by Crippen LogP contribution is -2.32. The summed E-state index contributed by atoms with van der Waals surface area (Å²) >= 11 is 5.68. The van der Waals surface area contributed by atoms with Crippen molar-refractivity contribution in [2.24, 2.45) is 0 Å². The second-order valence-corrected chi connectivity index (χ2v) is 6.71. The van der Waals surface area contributed by atoms with Gasteiger partial charge in [0.15, 0.2) is 6.61 Å². The first-order valence-corrected chi connectivity index (χ1v) is 9.27. The Hall–Kier alpha value is -2.64. The topological polar surface area (TPSA) is 76.7 Å². The summed E-state index contributed by atoms with van der Waals surface area (Å²) in [4.78, 5) is 24.6. The fourth-order valence-electron chi connectivity index (χ4n) is 2.80. The Morgan fingerprint density at radius 2 is 2.07 bits per heavy atom. The van der Waals surface area contributed by atoms with E-state index in [1.807, 2.05) is 0 Å². The molecule has 148 valence electrons. The van der Waals surface area contributed by atoms with Crippen LogP contribution in [0.2, 0.25) is 5.02 Å². The van der Waals surface area contributed by atoms with E-state index in [1.165, 1.54) is 12.1 Å². The molecule has 1 aliphatic heterocycles. The highest BCUT2D eigenvalue weighted by Gasteiger charge is 2.18. The van der Waals surface area contributed by atoms with E-state index in [0.29, 0.717) is 24.4 Å². The van der Waals surface area contributed by atoms with Gasteiger partial charge in [-0.15, -0.1) is 0 Å². The standard InChI is InChI=1S/C20H20ClFN2O4/c21-16-10-13(7-8-17(16)22)28-12-19(25)24-18-6-2-1-5-15(18)20(26)23-11-14-4-3-9-27-14/h1-2,5-8,10,14H,3-4,9,11-12H2,(H,23,26)(H,24,25). The second kappa shape index (κ2) is 9.52. The first kappa shape index (κ1) is 20.1. The van der Waals surface area contributed by atoms with Crippen molar-refractivity contribution in [2.45, 2.75) is 18.9 Å². The highest BCUT2D eigenvalue weighted by atomic mass is 35.5. The maximum atomic E-state index is 13.2. The molecule has 1 heterocycles. The molecule has 3 rings (SSSR count). The molecule has 1 aliphatic rings. The van der Waals surface area contributed by atoms with Crippen LogP contribution < -0.4 is 15.4 Å². The first-order valence-electron chi connectivity index (χ1n) is 8.89. The average molecular weight is 407 g/mol. The van der Waals surface area contributed by atoms with E-state index in [9.17, 15) is 14.0 Å². The zero-order chi connectivity index (χ0) is 19.9. The van der Waals surface area contributed by atoms with Crippen LogP contribution in [0.5, 0.6) is 5.75 Å². The first-order chi connectivity index (χ1) is 13.5. The molecule has 28 heavy (non-hydrogen) atoms. The molecule has 0 aliphatic carbocycles. The minimum atomic E-state index is -0.568. The van der Waals surface area contributed by atoms with Gasteiger partial charge >= 0.3 is 0 Å². The van der Waals surface area contributed by atoms with Crippen LogP contribution in [0.4, 0.5) is 10.1 Å². The van der Waals surface area contributed by atoms with Crippen LogP contribution in [0, 0.1) is 5.82 Å². The number of amides is 2. The Kier molecular flexibility index (Phi) is 6.84. The van der Waals surface area contributed by atoms with E-state index in [1.54, 1.807) is 24.3 Å². The molecule has 8 heteroatoms. The summed E-state index contributed by atoms with van der Waals surface area (Å²) < 4.78 is 24.0. The minimum Gasteiger partial charge on any atom is -0.484 e. The Morgan fingerprint density at radius 1 is 1.25 bits per heavy atom. The number of ether oxygens (including phenoxy) is 2. The molecule has 0 saturated carbocycles. The number of carbonyl (C=O) groups excluding carboxylic acids is 2. The molecule has 1 unspecified atom stereocenters. The Balaban J connectivity index is 1.56. The normalized spacial score (nSPS) is 15.9. The Bertz CT molecular complexity index is 856. The Morgan fingerprint density at radius 3 is 2.82 bits per heavy atom. The van der Waals surface area contributed by atoms with Gasteiger partial charge < -0.3 is 20.1 Å². The predicted octanol–water partition coefficient (Wildman–Crippen LogP) is 3.41. The molecule has 2 aromatic carbocycles. The van der Waals surface area contributed by atoms with Crippen LogP contribution in [0.25, 0.3) is 0 Å². The molecule has 0 spiro atoms. The summed E-state index contributed by atoms with van der Waals surface area (Å²) in [5, 5.41) is 5.39. The molecule has 0 bridgehead atoms. The number of benzene rings is 2. The van der Waals surface area contributed by atoms with Crippen LogP contribution in [-0.2, 0) is 9.53 Å². The van der Waals surface area contributed by atoms with E-state index in [4.69, 9.17) is 21.1 Å². The van der Waals surface area contributed by atoms with Gasteiger partial charge in [-0.3, -0.25) is 9.59 Å². The van der Waals surface area contributed by atoms with E-state index in [0.717, 1.165) is 18.9 Å². The molecule has 1 atom stereocenters. The summed E-state index contributed by atoms with van der Waals surface area (Å²) in [5.74, 6) is -1.05. The number of anilines is 1. The maximum absolute atomic E-state index is 13.2. The highest BCUT2D eigenvalue weighted by Crippen LogP contribution is 2.21. The molecular weight excluding hydrogens is 387 g/mol. The van der Waals surface area contributed by atoms with E-state index in [2.05, 4.69) is 10.6 Å². The van der Waals surface area contributed by atoms with Crippen molar-refractivity contribution in [2.75, 3.05) is 25.1 Å². The van der Waals surface area contributed by atoms with Gasteiger partial charge in [-0.1, -0.05) is 23.7 Å². The van der Waals surface area contributed by atoms with Crippen molar-refractivity contribution in [1.29, 1.82) is 0 Å². The highest BCUT2D eigenvalue weighted by molar-refractivity contribution is 6.30. The van der Waals surface area contributed by atoms with Crippen LogP contribution in [0.3, 0.4) is 0 Å². The van der Waals surface area contributed by atoms with Gasteiger partial charge in [0.2, 0.25) is 0 Å². The van der Waals surface area contributed by atoms with Crippen molar-refractivity contribution >= 4 is 29.1 Å². The average Bonchev–Trinajstić information content (AvgIpc) is 3.21. The molecule has 2 amide bonds. The number of carbonyl (C=O) groups is 2. The summed E-state index contributed by atoms with van der Waals surface area (Å²) in [5.41, 5.74) is 0.719. The summed E-state index contributed by atoms with van der Waals surface area (Å²) in [6.45, 7) is 0.829. The van der Waals surface area contributed by atoms with Gasteiger partial charge in [-0.2, -0.15) is 0 Å². The van der Waals surface area contributed by atoms with E-state index >= 15 is 0 Å². The third-order valence-corrected chi connectivity index (χ3v) is 4.51. The zero-order valence-electron chi connectivity index (χ0n) is 15.0. The molecule has 0 radical (unpaired) electrons. The maximum Gasteiger partial charge on any atom is 0.262 e. The Labute approximate surface area is 167 Å². The van der Waals surface area contributed by atoms with Crippen LogP contribution in [-0.4, -0.2) is 37.7 Å². The fourth-order valence-corrected chi connectivity index (χ4v) is 2.97. The minimum absolute atomic E-state index is 0.0293. The van der Waals surface area contributed by atoms with Gasteiger partial charge in [0.05, 0.1) is 22.4 Å². The number of halogens is 2. The van der Waals surface area contributed by atoms with E-state index in [-0.39, 0.29) is 29.4 Å². The van der Waals surface area contributed by atoms with Crippen LogP contribution in [0.15, 0.2) is 42.5 Å². The molecule has 6 nitrogen and oxygen atoms in total. The number of nitrogens with one attached hydrogen (secondary N) is 2. The molecular formula is C20H20ClFN2O4. The smallest absolute Gasteiger partial charge is 0.262 e. The van der Waals surface area contributed by atoms with Crippen LogP contribution in [0.1, 0.15) is 23.2 Å². The van der Waals surface area contributed by atoms with Gasteiger partial charge in [0, 0.05) is 19.2 Å². The van der Waals surface area contributed by atoms with Crippen LogP contribution >= 0.6 is 11.6 Å². The predicted molar refractivity (Wildman–Crippen MR) is 103 cm³/mol. The number of hydrogen-bond acceptors (Lipinski definition) is 4. The van der Waals surface area contributed by atoms with E-state index < -0.39 is 11.7 Å². The van der Waals surface area contributed by atoms with Gasteiger partial charge in [0.1, 0.15) is 11.6 Å². The quantitative estimate of drug-likeness (QED) is 0.738. The second-order valence-electron chi connectivity index (χ2n) is 6.30. The number of rotatable bonds is 7. The van der Waals surface area contributed by atoms with Gasteiger partial charge in [-0.05, 0) is 37.1 Å². The number of para-hydroxylation sites is 1. The largest absolute Gasteiger partial charge is 0.484 e. The molecule has 2 aromatic rings. The van der Waals surface area contributed by atoms with Crippen molar-refractivity contribution in [3.8, 4) is 5.75 Å².